The molecule has 0 radical (unpaired) electrons. The number of likely N-dealkylation sites (N-methyl/N-ethyl adjacent to an activating group) is 1. The van der Waals surface area contributed by atoms with Gasteiger partial charge >= 0.3 is 0 Å². The predicted molar refractivity (Wildman–Crippen MR) is 68.8 cm³/mol. The van der Waals surface area contributed by atoms with E-state index in [1.165, 1.54) is 12.1 Å². The second-order valence-corrected chi connectivity index (χ2v) is 4.81. The summed E-state index contributed by atoms with van der Waals surface area (Å²) in [5, 5.41) is 3.29. The van der Waals surface area contributed by atoms with Gasteiger partial charge in [0.1, 0.15) is 5.82 Å². The van der Waals surface area contributed by atoms with Crippen molar-refractivity contribution in [3.05, 3.63) is 35.6 Å². The van der Waals surface area contributed by atoms with Gasteiger partial charge in [-0.2, -0.15) is 0 Å². The minimum absolute atomic E-state index is 0.0503. The Morgan fingerprint density at radius 1 is 1.56 bits per heavy atom. The predicted octanol–water partition coefficient (Wildman–Crippen LogP) is 1.58. The van der Waals surface area contributed by atoms with E-state index < -0.39 is 0 Å². The molecule has 1 saturated heterocycles. The summed E-state index contributed by atoms with van der Waals surface area (Å²) < 4.78 is 13.0. The van der Waals surface area contributed by atoms with E-state index in [9.17, 15) is 9.18 Å². The number of benzene rings is 1. The van der Waals surface area contributed by atoms with E-state index in [1.54, 1.807) is 17.0 Å². The number of nitrogens with zero attached hydrogens (tertiary/aromatic N) is 1. The Morgan fingerprint density at radius 2 is 2.39 bits per heavy atom. The quantitative estimate of drug-likeness (QED) is 0.883. The Labute approximate surface area is 107 Å². The fraction of sp³-hybridized carbons (Fsp3) is 0.500. The van der Waals surface area contributed by atoms with Crippen LogP contribution in [0.5, 0.6) is 0 Å². The maximum absolute atomic E-state index is 13.0. The van der Waals surface area contributed by atoms with Crippen molar-refractivity contribution in [2.45, 2.75) is 25.3 Å². The second kappa shape index (κ2) is 5.96. The van der Waals surface area contributed by atoms with E-state index in [4.69, 9.17) is 0 Å². The van der Waals surface area contributed by atoms with Gasteiger partial charge in [-0.15, -0.1) is 0 Å². The van der Waals surface area contributed by atoms with Crippen molar-refractivity contribution in [2.24, 2.45) is 0 Å². The minimum atomic E-state index is -0.290. The molecule has 98 valence electrons. The Bertz CT molecular complexity index is 416. The standard InChI is InChI=1S/C14H19FN2O/c1-17(13-6-3-7-16-10-13)14(18)9-11-4-2-5-12(15)8-11/h2,4-5,8,13,16H,3,6-7,9-10H2,1H3. The summed E-state index contributed by atoms with van der Waals surface area (Å²) in [6.07, 6.45) is 2.41. The normalized spacial score (nSPS) is 19.6. The number of amides is 1. The smallest absolute Gasteiger partial charge is 0.227 e. The Hall–Kier alpha value is -1.42. The maximum atomic E-state index is 13.0. The van der Waals surface area contributed by atoms with Gasteiger partial charge in [0.25, 0.3) is 0 Å². The van der Waals surface area contributed by atoms with E-state index in [1.807, 2.05) is 7.05 Å². The molecule has 2 rings (SSSR count). The highest BCUT2D eigenvalue weighted by Crippen LogP contribution is 2.11. The Morgan fingerprint density at radius 3 is 3.06 bits per heavy atom. The highest BCUT2D eigenvalue weighted by atomic mass is 19.1. The lowest BCUT2D eigenvalue weighted by Crippen LogP contribution is -2.47. The molecule has 1 fully saturated rings. The van der Waals surface area contributed by atoms with Crippen LogP contribution in [0.4, 0.5) is 4.39 Å². The van der Waals surface area contributed by atoms with Crippen LogP contribution in [0.15, 0.2) is 24.3 Å². The number of rotatable bonds is 3. The average molecular weight is 250 g/mol. The largest absolute Gasteiger partial charge is 0.341 e. The van der Waals surface area contributed by atoms with Crippen LogP contribution in [0, 0.1) is 5.82 Å². The van der Waals surface area contributed by atoms with Crippen LogP contribution in [0.25, 0.3) is 0 Å². The van der Waals surface area contributed by atoms with E-state index in [-0.39, 0.29) is 24.2 Å². The zero-order valence-corrected chi connectivity index (χ0v) is 10.7. The zero-order chi connectivity index (χ0) is 13.0. The maximum Gasteiger partial charge on any atom is 0.227 e. The van der Waals surface area contributed by atoms with Crippen molar-refractivity contribution in [3.63, 3.8) is 0 Å². The molecule has 1 unspecified atom stereocenters. The molecule has 0 bridgehead atoms. The first-order valence-corrected chi connectivity index (χ1v) is 6.37. The number of halogens is 1. The number of carbonyl (C=O) groups is 1. The number of nitrogens with one attached hydrogen (secondary N) is 1. The molecular formula is C14H19FN2O. The topological polar surface area (TPSA) is 32.3 Å². The summed E-state index contributed by atoms with van der Waals surface area (Å²) in [5.41, 5.74) is 0.732. The van der Waals surface area contributed by atoms with Gasteiger partial charge in [-0.05, 0) is 37.1 Å². The summed E-state index contributed by atoms with van der Waals surface area (Å²) in [7, 11) is 1.83. The molecule has 3 nitrogen and oxygen atoms in total. The van der Waals surface area contributed by atoms with Gasteiger partial charge in [-0.25, -0.2) is 4.39 Å². The Kier molecular flexibility index (Phi) is 4.31. The lowest BCUT2D eigenvalue weighted by Gasteiger charge is -2.31. The molecule has 1 heterocycles. The van der Waals surface area contributed by atoms with Gasteiger partial charge in [0, 0.05) is 19.6 Å². The van der Waals surface area contributed by atoms with Crippen LogP contribution in [-0.4, -0.2) is 37.0 Å². The molecule has 1 amide bonds. The molecule has 1 aliphatic rings. The highest BCUT2D eigenvalue weighted by molar-refractivity contribution is 5.78. The first kappa shape index (κ1) is 13.0. The first-order chi connectivity index (χ1) is 8.66. The van der Waals surface area contributed by atoms with Gasteiger partial charge < -0.3 is 10.2 Å². The lowest BCUT2D eigenvalue weighted by molar-refractivity contribution is -0.131. The number of carbonyl (C=O) groups excluding carboxylic acids is 1. The average Bonchev–Trinajstić information content (AvgIpc) is 2.39. The van der Waals surface area contributed by atoms with Crippen LogP contribution >= 0.6 is 0 Å². The molecule has 0 aromatic heterocycles. The summed E-state index contributed by atoms with van der Waals surface area (Å²) in [4.78, 5) is 13.9. The van der Waals surface area contributed by atoms with Gasteiger partial charge in [0.15, 0.2) is 0 Å². The molecule has 1 N–H and O–H groups in total. The van der Waals surface area contributed by atoms with Gasteiger partial charge in [0.05, 0.1) is 6.42 Å². The van der Waals surface area contributed by atoms with Gasteiger partial charge in [-0.3, -0.25) is 4.79 Å². The second-order valence-electron chi connectivity index (χ2n) is 4.81. The lowest BCUT2D eigenvalue weighted by atomic mass is 10.0. The van der Waals surface area contributed by atoms with Crippen LogP contribution in [0.2, 0.25) is 0 Å². The summed E-state index contributed by atoms with van der Waals surface area (Å²) in [6, 6.07) is 6.50. The fourth-order valence-corrected chi connectivity index (χ4v) is 2.31. The van der Waals surface area contributed by atoms with E-state index in [0.717, 1.165) is 31.5 Å². The third-order valence-corrected chi connectivity index (χ3v) is 3.46. The summed E-state index contributed by atoms with van der Waals surface area (Å²) in [5.74, 6) is -0.239. The van der Waals surface area contributed by atoms with E-state index in [2.05, 4.69) is 5.32 Å². The summed E-state index contributed by atoms with van der Waals surface area (Å²) >= 11 is 0. The third kappa shape index (κ3) is 3.29. The van der Waals surface area contributed by atoms with Crippen molar-refractivity contribution >= 4 is 5.91 Å². The van der Waals surface area contributed by atoms with E-state index >= 15 is 0 Å². The molecular weight excluding hydrogens is 231 g/mol. The third-order valence-electron chi connectivity index (χ3n) is 3.46. The number of piperidine rings is 1. The molecule has 0 saturated carbocycles. The molecule has 1 aromatic carbocycles. The van der Waals surface area contributed by atoms with Crippen molar-refractivity contribution in [3.8, 4) is 0 Å². The minimum Gasteiger partial charge on any atom is -0.341 e. The van der Waals surface area contributed by atoms with Crippen LogP contribution in [-0.2, 0) is 11.2 Å². The van der Waals surface area contributed by atoms with E-state index in [0.29, 0.717) is 0 Å². The highest BCUT2D eigenvalue weighted by Gasteiger charge is 2.21. The number of hydrogen-bond donors (Lipinski definition) is 1. The first-order valence-electron chi connectivity index (χ1n) is 6.37. The van der Waals surface area contributed by atoms with Crippen molar-refractivity contribution in [1.82, 2.24) is 10.2 Å². The fourth-order valence-electron chi connectivity index (χ4n) is 2.31. The molecule has 4 heteroatoms. The summed E-state index contributed by atoms with van der Waals surface area (Å²) in [6.45, 7) is 1.88. The SMILES string of the molecule is CN(C(=O)Cc1cccc(F)c1)C1CCCNC1. The van der Waals surface area contributed by atoms with Crippen molar-refractivity contribution < 1.29 is 9.18 Å². The molecule has 1 atom stereocenters. The molecule has 1 aliphatic heterocycles. The van der Waals surface area contributed by atoms with Crippen molar-refractivity contribution in [2.75, 3.05) is 20.1 Å². The molecule has 0 aliphatic carbocycles. The van der Waals surface area contributed by atoms with Crippen LogP contribution in [0.1, 0.15) is 18.4 Å². The zero-order valence-electron chi connectivity index (χ0n) is 10.7. The molecule has 1 aromatic rings. The molecule has 18 heavy (non-hydrogen) atoms. The Balaban J connectivity index is 1.94. The number of hydrogen-bond acceptors (Lipinski definition) is 2. The van der Waals surface area contributed by atoms with Gasteiger partial charge in [-0.1, -0.05) is 12.1 Å². The van der Waals surface area contributed by atoms with Crippen LogP contribution < -0.4 is 5.32 Å². The van der Waals surface area contributed by atoms with Crippen molar-refractivity contribution in [1.29, 1.82) is 0 Å². The monoisotopic (exact) mass is 250 g/mol. The molecule has 0 spiro atoms. The van der Waals surface area contributed by atoms with Gasteiger partial charge in [0.2, 0.25) is 5.91 Å². The van der Waals surface area contributed by atoms with Crippen LogP contribution in [0.3, 0.4) is 0 Å².